The van der Waals surface area contributed by atoms with E-state index in [2.05, 4.69) is 0 Å². The SMILES string of the molecule is O=C(CCc1ccc(C=S)cc1)c1ccc(Cl)c(Cl)c1. The van der Waals surface area contributed by atoms with E-state index in [0.29, 0.717) is 28.5 Å². The molecule has 102 valence electrons. The van der Waals surface area contributed by atoms with Gasteiger partial charge in [-0.2, -0.15) is 0 Å². The molecule has 0 heterocycles. The van der Waals surface area contributed by atoms with Gasteiger partial charge in [-0.15, -0.1) is 0 Å². The van der Waals surface area contributed by atoms with Crippen molar-refractivity contribution in [3.63, 3.8) is 0 Å². The van der Waals surface area contributed by atoms with Crippen molar-refractivity contribution in [1.29, 1.82) is 0 Å². The summed E-state index contributed by atoms with van der Waals surface area (Å²) in [7, 11) is 0. The van der Waals surface area contributed by atoms with Crippen LogP contribution in [0, 0.1) is 0 Å². The van der Waals surface area contributed by atoms with Crippen molar-refractivity contribution >= 4 is 46.6 Å². The summed E-state index contributed by atoms with van der Waals surface area (Å²) in [6, 6.07) is 12.8. The van der Waals surface area contributed by atoms with Crippen LogP contribution in [0.15, 0.2) is 42.5 Å². The van der Waals surface area contributed by atoms with E-state index in [9.17, 15) is 4.79 Å². The maximum Gasteiger partial charge on any atom is 0.163 e. The third-order valence-corrected chi connectivity index (χ3v) is 4.01. The largest absolute Gasteiger partial charge is 0.294 e. The second-order valence-corrected chi connectivity index (χ2v) is 5.46. The van der Waals surface area contributed by atoms with Gasteiger partial charge in [0.05, 0.1) is 10.0 Å². The molecule has 0 amide bonds. The Hall–Kier alpha value is -1.22. The standard InChI is InChI=1S/C16H12Cl2OS/c17-14-7-6-13(9-15(14)18)16(19)8-5-11-1-3-12(10-20)4-2-11/h1-4,6-7,9-10H,5,8H2. The van der Waals surface area contributed by atoms with Crippen LogP contribution in [0.3, 0.4) is 0 Å². The first-order valence-corrected chi connectivity index (χ1v) is 7.35. The molecule has 4 heteroatoms. The summed E-state index contributed by atoms with van der Waals surface area (Å²) in [6.45, 7) is 0. The Morgan fingerprint density at radius 3 is 2.35 bits per heavy atom. The maximum atomic E-state index is 12.1. The molecule has 0 aromatic heterocycles. The van der Waals surface area contributed by atoms with Gasteiger partial charge in [-0.3, -0.25) is 4.79 Å². The molecule has 0 atom stereocenters. The molecule has 0 saturated heterocycles. The minimum Gasteiger partial charge on any atom is -0.294 e. The zero-order chi connectivity index (χ0) is 14.5. The molecular formula is C16H12Cl2OS. The van der Waals surface area contributed by atoms with Gasteiger partial charge in [0.25, 0.3) is 0 Å². The van der Waals surface area contributed by atoms with E-state index < -0.39 is 0 Å². The highest BCUT2D eigenvalue weighted by Gasteiger charge is 2.08. The summed E-state index contributed by atoms with van der Waals surface area (Å²) in [5, 5.41) is 2.49. The second kappa shape index (κ2) is 6.98. The molecule has 0 fully saturated rings. The van der Waals surface area contributed by atoms with Gasteiger partial charge in [0.1, 0.15) is 0 Å². The van der Waals surface area contributed by atoms with Gasteiger partial charge < -0.3 is 0 Å². The van der Waals surface area contributed by atoms with Crippen LogP contribution in [0.1, 0.15) is 27.9 Å². The number of carbonyl (C=O) groups excluding carboxylic acids is 1. The zero-order valence-electron chi connectivity index (χ0n) is 10.6. The van der Waals surface area contributed by atoms with E-state index in [-0.39, 0.29) is 5.78 Å². The van der Waals surface area contributed by atoms with Crippen LogP contribution in [0.2, 0.25) is 10.0 Å². The number of Topliss-reactive ketones (excluding diaryl/α,β-unsaturated/α-hetero) is 1. The van der Waals surface area contributed by atoms with E-state index in [0.717, 1.165) is 11.1 Å². The molecule has 0 unspecified atom stereocenters. The van der Waals surface area contributed by atoms with Gasteiger partial charge >= 0.3 is 0 Å². The molecule has 1 nitrogen and oxygen atoms in total. The smallest absolute Gasteiger partial charge is 0.163 e. The third kappa shape index (κ3) is 3.89. The minimum absolute atomic E-state index is 0.0578. The summed E-state index contributed by atoms with van der Waals surface area (Å²) in [6.07, 6.45) is 1.13. The van der Waals surface area contributed by atoms with Crippen molar-refractivity contribution in [2.75, 3.05) is 0 Å². The number of hydrogen-bond acceptors (Lipinski definition) is 2. The quantitative estimate of drug-likeness (QED) is 0.559. The van der Waals surface area contributed by atoms with Crippen molar-refractivity contribution in [3.05, 3.63) is 69.2 Å². The van der Waals surface area contributed by atoms with Crippen molar-refractivity contribution in [2.45, 2.75) is 12.8 Å². The van der Waals surface area contributed by atoms with Gasteiger partial charge in [-0.05, 0) is 35.7 Å². The number of rotatable bonds is 5. The lowest BCUT2D eigenvalue weighted by Gasteiger charge is -2.04. The van der Waals surface area contributed by atoms with Gasteiger partial charge in [-0.1, -0.05) is 59.7 Å². The number of aryl methyl sites for hydroxylation is 1. The molecule has 0 aliphatic carbocycles. The molecule has 0 aliphatic heterocycles. The monoisotopic (exact) mass is 322 g/mol. The molecule has 0 saturated carbocycles. The molecule has 2 rings (SSSR count). The fourth-order valence-corrected chi connectivity index (χ4v) is 2.29. The van der Waals surface area contributed by atoms with E-state index in [4.69, 9.17) is 35.4 Å². The van der Waals surface area contributed by atoms with E-state index in [1.165, 1.54) is 0 Å². The number of halogens is 2. The van der Waals surface area contributed by atoms with Gasteiger partial charge in [0, 0.05) is 17.4 Å². The molecule has 0 N–H and O–H groups in total. The average molecular weight is 323 g/mol. The fourth-order valence-electron chi connectivity index (χ4n) is 1.83. The predicted molar refractivity (Wildman–Crippen MR) is 88.3 cm³/mol. The lowest BCUT2D eigenvalue weighted by molar-refractivity contribution is 0.0983. The zero-order valence-corrected chi connectivity index (χ0v) is 12.9. The van der Waals surface area contributed by atoms with Crippen LogP contribution in [-0.4, -0.2) is 11.2 Å². The minimum atomic E-state index is 0.0578. The molecule has 20 heavy (non-hydrogen) atoms. The number of thiocarbonyl (C=S) groups is 1. The molecule has 0 aliphatic rings. The topological polar surface area (TPSA) is 17.1 Å². The van der Waals surface area contributed by atoms with Gasteiger partial charge in [0.2, 0.25) is 0 Å². The normalized spacial score (nSPS) is 10.3. The van der Waals surface area contributed by atoms with Crippen molar-refractivity contribution in [3.8, 4) is 0 Å². The Morgan fingerprint density at radius 1 is 1.05 bits per heavy atom. The van der Waals surface area contributed by atoms with Crippen LogP contribution >= 0.6 is 35.4 Å². The lowest BCUT2D eigenvalue weighted by atomic mass is 10.0. The number of carbonyl (C=O) groups is 1. The summed E-state index contributed by atoms with van der Waals surface area (Å²) in [4.78, 5) is 12.1. The Bertz CT molecular complexity index is 635. The maximum absolute atomic E-state index is 12.1. The van der Waals surface area contributed by atoms with Gasteiger partial charge in [0.15, 0.2) is 5.78 Å². The Balaban J connectivity index is 2.00. The lowest BCUT2D eigenvalue weighted by Crippen LogP contribution is -2.01. The molecule has 2 aromatic carbocycles. The summed E-state index contributed by atoms with van der Waals surface area (Å²) >= 11 is 16.6. The number of benzene rings is 2. The Kier molecular flexibility index (Phi) is 5.30. The van der Waals surface area contributed by atoms with Crippen LogP contribution < -0.4 is 0 Å². The van der Waals surface area contributed by atoms with Crippen molar-refractivity contribution in [1.82, 2.24) is 0 Å². The summed E-state index contributed by atoms with van der Waals surface area (Å²) < 4.78 is 0. The molecule has 2 aromatic rings. The predicted octanol–water partition coefficient (Wildman–Crippen LogP) is 5.16. The van der Waals surface area contributed by atoms with Crippen LogP contribution in [0.4, 0.5) is 0 Å². The van der Waals surface area contributed by atoms with Crippen LogP contribution in [0.5, 0.6) is 0 Å². The van der Waals surface area contributed by atoms with Crippen molar-refractivity contribution < 1.29 is 4.79 Å². The third-order valence-electron chi connectivity index (χ3n) is 3.00. The molecule has 0 bridgehead atoms. The highest BCUT2D eigenvalue weighted by molar-refractivity contribution is 7.79. The fraction of sp³-hybridized carbons (Fsp3) is 0.125. The van der Waals surface area contributed by atoms with E-state index in [1.807, 2.05) is 24.3 Å². The van der Waals surface area contributed by atoms with Gasteiger partial charge in [-0.25, -0.2) is 0 Å². The molecular weight excluding hydrogens is 311 g/mol. The first kappa shape index (κ1) is 15.2. The first-order valence-electron chi connectivity index (χ1n) is 6.12. The average Bonchev–Trinajstić information content (AvgIpc) is 2.48. The number of hydrogen-bond donors (Lipinski definition) is 0. The van der Waals surface area contributed by atoms with Crippen molar-refractivity contribution in [2.24, 2.45) is 0 Å². The number of ketones is 1. The highest BCUT2D eigenvalue weighted by Crippen LogP contribution is 2.23. The highest BCUT2D eigenvalue weighted by atomic mass is 35.5. The summed E-state index contributed by atoms with van der Waals surface area (Å²) in [5.74, 6) is 0.0578. The van der Waals surface area contributed by atoms with Crippen LogP contribution in [-0.2, 0) is 6.42 Å². The summed E-state index contributed by atoms with van der Waals surface area (Å²) in [5.41, 5.74) is 2.70. The second-order valence-electron chi connectivity index (χ2n) is 4.41. The molecule has 0 radical (unpaired) electrons. The first-order chi connectivity index (χ1) is 9.60. The Labute approximate surface area is 133 Å². The van der Waals surface area contributed by atoms with Crippen LogP contribution in [0.25, 0.3) is 0 Å². The van der Waals surface area contributed by atoms with E-state index in [1.54, 1.807) is 23.6 Å². The molecule has 0 spiro atoms. The Morgan fingerprint density at radius 2 is 1.75 bits per heavy atom. The van der Waals surface area contributed by atoms with E-state index >= 15 is 0 Å².